The quantitative estimate of drug-likeness (QED) is 0.654. The number of anilines is 1. The SMILES string of the molecule is C#CC(=O)Nc1ccc(F)c(F)c1. The number of hydrogen-bond acceptors (Lipinski definition) is 1. The Hall–Kier alpha value is -1.89. The number of nitrogens with one attached hydrogen (secondary N) is 1. The van der Waals surface area contributed by atoms with Gasteiger partial charge in [-0.15, -0.1) is 6.42 Å². The van der Waals surface area contributed by atoms with Gasteiger partial charge in [-0.05, 0) is 18.1 Å². The van der Waals surface area contributed by atoms with E-state index in [-0.39, 0.29) is 5.69 Å². The first kappa shape index (κ1) is 9.20. The maximum atomic E-state index is 12.6. The molecule has 0 aliphatic carbocycles. The molecule has 0 bridgehead atoms. The molecule has 0 aliphatic rings. The molecule has 66 valence electrons. The van der Waals surface area contributed by atoms with Gasteiger partial charge in [-0.2, -0.15) is 0 Å². The lowest BCUT2D eigenvalue weighted by Gasteiger charge is -2.00. The maximum Gasteiger partial charge on any atom is 0.300 e. The molecule has 1 rings (SSSR count). The third-order valence-corrected chi connectivity index (χ3v) is 1.31. The molecular weight excluding hydrogens is 176 g/mol. The van der Waals surface area contributed by atoms with Crippen LogP contribution in [0.3, 0.4) is 0 Å². The van der Waals surface area contributed by atoms with E-state index in [9.17, 15) is 13.6 Å². The normalized spacial score (nSPS) is 9.00. The van der Waals surface area contributed by atoms with Crippen LogP contribution in [0.1, 0.15) is 0 Å². The van der Waals surface area contributed by atoms with Crippen molar-refractivity contribution in [1.82, 2.24) is 0 Å². The van der Waals surface area contributed by atoms with Crippen LogP contribution in [0.2, 0.25) is 0 Å². The molecule has 1 N–H and O–H groups in total. The molecule has 0 aliphatic heterocycles. The fourth-order valence-corrected chi connectivity index (χ4v) is 0.741. The second-order valence-electron chi connectivity index (χ2n) is 2.23. The third-order valence-electron chi connectivity index (χ3n) is 1.31. The van der Waals surface area contributed by atoms with Crippen molar-refractivity contribution in [3.63, 3.8) is 0 Å². The summed E-state index contributed by atoms with van der Waals surface area (Å²) in [5.41, 5.74) is 0.127. The van der Waals surface area contributed by atoms with Crippen molar-refractivity contribution in [3.05, 3.63) is 29.8 Å². The Balaban J connectivity index is 2.87. The summed E-state index contributed by atoms with van der Waals surface area (Å²) in [7, 11) is 0. The maximum absolute atomic E-state index is 12.6. The van der Waals surface area contributed by atoms with Gasteiger partial charge in [0.1, 0.15) is 0 Å². The van der Waals surface area contributed by atoms with Crippen LogP contribution in [0.15, 0.2) is 18.2 Å². The summed E-state index contributed by atoms with van der Waals surface area (Å²) in [6, 6.07) is 2.97. The highest BCUT2D eigenvalue weighted by Gasteiger charge is 2.03. The van der Waals surface area contributed by atoms with Gasteiger partial charge in [0.25, 0.3) is 5.91 Å². The predicted molar refractivity (Wildman–Crippen MR) is 43.8 cm³/mol. The van der Waals surface area contributed by atoms with Crippen LogP contribution in [0.4, 0.5) is 14.5 Å². The van der Waals surface area contributed by atoms with Gasteiger partial charge in [0, 0.05) is 11.8 Å². The van der Waals surface area contributed by atoms with Gasteiger partial charge in [-0.1, -0.05) is 0 Å². The lowest BCUT2D eigenvalue weighted by molar-refractivity contribution is -0.111. The Morgan fingerprint density at radius 1 is 1.38 bits per heavy atom. The smallest absolute Gasteiger partial charge is 0.300 e. The molecule has 0 radical (unpaired) electrons. The van der Waals surface area contributed by atoms with Crippen LogP contribution < -0.4 is 5.32 Å². The van der Waals surface area contributed by atoms with Crippen LogP contribution >= 0.6 is 0 Å². The summed E-state index contributed by atoms with van der Waals surface area (Å²) in [5.74, 6) is -0.927. The van der Waals surface area contributed by atoms with E-state index in [2.05, 4.69) is 5.32 Å². The highest BCUT2D eigenvalue weighted by atomic mass is 19.2. The molecule has 2 nitrogen and oxygen atoms in total. The van der Waals surface area contributed by atoms with Crippen LogP contribution in [-0.2, 0) is 4.79 Å². The fourth-order valence-electron chi connectivity index (χ4n) is 0.741. The minimum Gasteiger partial charge on any atom is -0.315 e. The van der Waals surface area contributed by atoms with E-state index in [1.54, 1.807) is 5.92 Å². The van der Waals surface area contributed by atoms with Gasteiger partial charge < -0.3 is 5.32 Å². The topological polar surface area (TPSA) is 29.1 Å². The third kappa shape index (κ3) is 2.27. The molecule has 0 heterocycles. The molecule has 1 aromatic carbocycles. The van der Waals surface area contributed by atoms with Crippen LogP contribution in [-0.4, -0.2) is 5.91 Å². The monoisotopic (exact) mass is 181 g/mol. The summed E-state index contributed by atoms with van der Waals surface area (Å²) >= 11 is 0. The van der Waals surface area contributed by atoms with E-state index in [0.29, 0.717) is 0 Å². The van der Waals surface area contributed by atoms with Crippen molar-refractivity contribution in [1.29, 1.82) is 0 Å². The lowest BCUT2D eigenvalue weighted by Crippen LogP contribution is -2.08. The molecule has 0 aromatic heterocycles. The number of benzene rings is 1. The van der Waals surface area contributed by atoms with Gasteiger partial charge in [0.2, 0.25) is 0 Å². The van der Waals surface area contributed by atoms with Gasteiger partial charge >= 0.3 is 0 Å². The molecule has 0 fully saturated rings. The zero-order valence-electron chi connectivity index (χ0n) is 6.47. The molecule has 0 saturated carbocycles. The van der Waals surface area contributed by atoms with Crippen molar-refractivity contribution in [2.45, 2.75) is 0 Å². The number of amides is 1. The minimum absolute atomic E-state index is 0.127. The lowest BCUT2D eigenvalue weighted by atomic mass is 10.3. The zero-order chi connectivity index (χ0) is 9.84. The molecule has 13 heavy (non-hydrogen) atoms. The van der Waals surface area contributed by atoms with Crippen molar-refractivity contribution in [2.24, 2.45) is 0 Å². The average molecular weight is 181 g/mol. The second kappa shape index (κ2) is 3.68. The Morgan fingerprint density at radius 3 is 2.62 bits per heavy atom. The summed E-state index contributed by atoms with van der Waals surface area (Å²) in [6.45, 7) is 0. The Labute approximate surface area is 73.6 Å². The van der Waals surface area contributed by atoms with E-state index in [0.717, 1.165) is 12.1 Å². The Bertz CT molecular complexity index is 382. The molecular formula is C9H5F2NO. The second-order valence-corrected chi connectivity index (χ2v) is 2.23. The fraction of sp³-hybridized carbons (Fsp3) is 0. The van der Waals surface area contributed by atoms with Crippen LogP contribution in [0, 0.1) is 24.0 Å². The highest BCUT2D eigenvalue weighted by Crippen LogP contribution is 2.12. The number of hydrogen-bond donors (Lipinski definition) is 1. The van der Waals surface area contributed by atoms with E-state index in [4.69, 9.17) is 6.42 Å². The highest BCUT2D eigenvalue weighted by molar-refractivity contribution is 6.03. The Morgan fingerprint density at radius 2 is 2.08 bits per heavy atom. The summed E-state index contributed by atoms with van der Waals surface area (Å²) < 4.78 is 24.9. The van der Waals surface area contributed by atoms with Crippen LogP contribution in [0.25, 0.3) is 0 Å². The minimum atomic E-state index is -1.03. The van der Waals surface area contributed by atoms with Gasteiger partial charge in [0.05, 0.1) is 0 Å². The first-order valence-corrected chi connectivity index (χ1v) is 3.36. The number of carbonyl (C=O) groups is 1. The zero-order valence-corrected chi connectivity index (χ0v) is 6.47. The van der Waals surface area contributed by atoms with Gasteiger partial charge in [-0.3, -0.25) is 4.79 Å². The molecule has 0 atom stereocenters. The van der Waals surface area contributed by atoms with Crippen molar-refractivity contribution in [2.75, 3.05) is 5.32 Å². The largest absolute Gasteiger partial charge is 0.315 e. The molecule has 0 spiro atoms. The van der Waals surface area contributed by atoms with E-state index in [1.165, 1.54) is 6.07 Å². The van der Waals surface area contributed by atoms with Gasteiger partial charge in [0.15, 0.2) is 11.6 Å². The standard InChI is InChI=1S/C9H5F2NO/c1-2-9(13)12-6-3-4-7(10)8(11)5-6/h1,3-5H,(H,12,13). The molecule has 0 saturated heterocycles. The van der Waals surface area contributed by atoms with Crippen molar-refractivity contribution >= 4 is 11.6 Å². The first-order chi connectivity index (χ1) is 6.13. The number of terminal acetylenes is 1. The van der Waals surface area contributed by atoms with Crippen molar-refractivity contribution < 1.29 is 13.6 Å². The van der Waals surface area contributed by atoms with Crippen molar-refractivity contribution in [3.8, 4) is 12.3 Å². The van der Waals surface area contributed by atoms with Gasteiger partial charge in [-0.25, -0.2) is 8.78 Å². The molecule has 1 amide bonds. The van der Waals surface area contributed by atoms with E-state index < -0.39 is 17.5 Å². The summed E-state index contributed by atoms with van der Waals surface area (Å²) in [4.78, 5) is 10.6. The molecule has 1 aromatic rings. The summed E-state index contributed by atoms with van der Waals surface area (Å²) in [5, 5.41) is 2.18. The number of carbonyl (C=O) groups excluding carboxylic acids is 1. The average Bonchev–Trinajstić information content (AvgIpc) is 2.11. The van der Waals surface area contributed by atoms with E-state index >= 15 is 0 Å². The number of halogens is 2. The number of rotatable bonds is 1. The summed E-state index contributed by atoms with van der Waals surface area (Å²) in [6.07, 6.45) is 4.76. The molecule has 4 heteroatoms. The Kier molecular flexibility index (Phi) is 2.60. The predicted octanol–water partition coefficient (Wildman–Crippen LogP) is 1.54. The first-order valence-electron chi connectivity index (χ1n) is 3.36. The molecule has 0 unspecified atom stereocenters. The van der Waals surface area contributed by atoms with E-state index in [1.807, 2.05) is 0 Å². The van der Waals surface area contributed by atoms with Crippen LogP contribution in [0.5, 0.6) is 0 Å².